The van der Waals surface area contributed by atoms with E-state index in [0.717, 1.165) is 28.9 Å². The molecule has 1 aliphatic rings. The first-order valence-corrected chi connectivity index (χ1v) is 7.87. The minimum atomic E-state index is -0.101. The van der Waals surface area contributed by atoms with Crippen molar-refractivity contribution in [3.63, 3.8) is 0 Å². The molecule has 0 radical (unpaired) electrons. The van der Waals surface area contributed by atoms with Crippen LogP contribution in [0.25, 0.3) is 0 Å². The third-order valence-electron chi connectivity index (χ3n) is 3.17. The summed E-state index contributed by atoms with van der Waals surface area (Å²) in [5, 5.41) is 9.48. The first-order valence-electron chi connectivity index (χ1n) is 6.82. The van der Waals surface area contributed by atoms with E-state index < -0.39 is 0 Å². The molecule has 1 fully saturated rings. The Morgan fingerprint density at radius 3 is 2.63 bits per heavy atom. The molecule has 2 nitrogen and oxygen atoms in total. The lowest BCUT2D eigenvalue weighted by atomic mass is 10.2. The van der Waals surface area contributed by atoms with Crippen molar-refractivity contribution in [2.75, 3.05) is 19.0 Å². The van der Waals surface area contributed by atoms with Crippen LogP contribution >= 0.6 is 11.8 Å². The van der Waals surface area contributed by atoms with Gasteiger partial charge in [-0.05, 0) is 37.1 Å². The highest BCUT2D eigenvalue weighted by Crippen LogP contribution is 2.29. The third kappa shape index (κ3) is 5.18. The van der Waals surface area contributed by atoms with Crippen molar-refractivity contribution in [3.05, 3.63) is 29.8 Å². The number of thioether (sulfide) groups is 1. The topological polar surface area (TPSA) is 29.5 Å². The highest BCUT2D eigenvalue weighted by molar-refractivity contribution is 7.99. The van der Waals surface area contributed by atoms with Crippen LogP contribution in [0.15, 0.2) is 24.3 Å². The van der Waals surface area contributed by atoms with Gasteiger partial charge in [-0.2, -0.15) is 11.8 Å². The average Bonchev–Trinajstić information content (AvgIpc) is 2.96. The van der Waals surface area contributed by atoms with Gasteiger partial charge in [-0.1, -0.05) is 24.7 Å². The molecule has 1 N–H and O–H groups in total. The number of hydrogen-bond donors (Lipinski definition) is 1. The van der Waals surface area contributed by atoms with Crippen molar-refractivity contribution in [3.8, 4) is 17.6 Å². The van der Waals surface area contributed by atoms with Crippen LogP contribution in [-0.2, 0) is 0 Å². The predicted octanol–water partition coefficient (Wildman–Crippen LogP) is 3.09. The van der Waals surface area contributed by atoms with E-state index in [1.807, 2.05) is 36.0 Å². The molecule has 0 atom stereocenters. The Morgan fingerprint density at radius 2 is 1.95 bits per heavy atom. The van der Waals surface area contributed by atoms with Crippen molar-refractivity contribution in [1.29, 1.82) is 0 Å². The quantitative estimate of drug-likeness (QED) is 0.662. The first kappa shape index (κ1) is 14.3. The third-order valence-corrected chi connectivity index (χ3v) is 4.52. The van der Waals surface area contributed by atoms with E-state index in [9.17, 15) is 0 Å². The van der Waals surface area contributed by atoms with Crippen molar-refractivity contribution >= 4 is 11.8 Å². The molecule has 0 unspecified atom stereocenters. The van der Waals surface area contributed by atoms with Gasteiger partial charge >= 0.3 is 0 Å². The van der Waals surface area contributed by atoms with E-state index in [-0.39, 0.29) is 6.61 Å². The van der Waals surface area contributed by atoms with Crippen LogP contribution in [0.5, 0.6) is 5.75 Å². The molecule has 3 heteroatoms. The summed E-state index contributed by atoms with van der Waals surface area (Å²) < 4.78 is 5.71. The summed E-state index contributed by atoms with van der Waals surface area (Å²) in [6.07, 6.45) is 5.55. The van der Waals surface area contributed by atoms with Crippen molar-refractivity contribution in [2.24, 2.45) is 0 Å². The maximum Gasteiger partial charge on any atom is 0.119 e. The van der Waals surface area contributed by atoms with Crippen LogP contribution in [0.1, 0.15) is 31.2 Å². The Kier molecular flexibility index (Phi) is 6.13. The van der Waals surface area contributed by atoms with E-state index in [4.69, 9.17) is 9.84 Å². The Hall–Kier alpha value is -1.11. The Balaban J connectivity index is 1.67. The monoisotopic (exact) mass is 276 g/mol. The summed E-state index contributed by atoms with van der Waals surface area (Å²) in [6.45, 7) is 0.666. The summed E-state index contributed by atoms with van der Waals surface area (Å²) in [5.41, 5.74) is 0.904. The molecule has 1 aromatic rings. The highest BCUT2D eigenvalue weighted by atomic mass is 32.2. The number of aliphatic hydroxyl groups excluding tert-OH is 1. The molecular formula is C16H20O2S. The lowest BCUT2D eigenvalue weighted by Gasteiger charge is -2.09. The number of rotatable bonds is 5. The van der Waals surface area contributed by atoms with Crippen LogP contribution in [0.2, 0.25) is 0 Å². The maximum absolute atomic E-state index is 8.61. The van der Waals surface area contributed by atoms with Crippen molar-refractivity contribution < 1.29 is 9.84 Å². The molecule has 1 aliphatic carbocycles. The van der Waals surface area contributed by atoms with E-state index in [1.54, 1.807) is 0 Å². The molecule has 1 saturated carbocycles. The molecule has 0 aliphatic heterocycles. The summed E-state index contributed by atoms with van der Waals surface area (Å²) in [7, 11) is 0. The second-order valence-electron chi connectivity index (χ2n) is 4.61. The zero-order valence-electron chi connectivity index (χ0n) is 11.1. The SMILES string of the molecule is OCC#Cc1ccc(OCCSC2CCCC2)cc1. The lowest BCUT2D eigenvalue weighted by Crippen LogP contribution is -2.04. The lowest BCUT2D eigenvalue weighted by molar-refractivity contribution is 0.344. The molecule has 0 aromatic heterocycles. The van der Waals surface area contributed by atoms with Crippen LogP contribution in [-0.4, -0.2) is 29.3 Å². The fraction of sp³-hybridized carbons (Fsp3) is 0.500. The van der Waals surface area contributed by atoms with Gasteiger partial charge in [0.25, 0.3) is 0 Å². The van der Waals surface area contributed by atoms with Crippen molar-refractivity contribution in [1.82, 2.24) is 0 Å². The largest absolute Gasteiger partial charge is 0.493 e. The zero-order valence-corrected chi connectivity index (χ0v) is 11.9. The number of ether oxygens (including phenoxy) is 1. The molecule has 19 heavy (non-hydrogen) atoms. The van der Waals surface area contributed by atoms with Gasteiger partial charge < -0.3 is 9.84 Å². The number of aliphatic hydroxyl groups is 1. The fourth-order valence-corrected chi connectivity index (χ4v) is 3.38. The van der Waals surface area contributed by atoms with Gasteiger partial charge in [0.1, 0.15) is 12.4 Å². The van der Waals surface area contributed by atoms with Gasteiger partial charge in [-0.25, -0.2) is 0 Å². The van der Waals surface area contributed by atoms with Gasteiger partial charge in [0, 0.05) is 16.6 Å². The molecular weight excluding hydrogens is 256 g/mol. The number of benzene rings is 1. The zero-order chi connectivity index (χ0) is 13.3. The fourth-order valence-electron chi connectivity index (χ4n) is 2.21. The van der Waals surface area contributed by atoms with Gasteiger partial charge in [0.15, 0.2) is 0 Å². The van der Waals surface area contributed by atoms with E-state index >= 15 is 0 Å². The summed E-state index contributed by atoms with van der Waals surface area (Å²) in [5.74, 6) is 7.45. The predicted molar refractivity (Wildman–Crippen MR) is 80.6 cm³/mol. The summed E-state index contributed by atoms with van der Waals surface area (Å²) in [6, 6.07) is 7.70. The van der Waals surface area contributed by atoms with E-state index in [0.29, 0.717) is 0 Å². The Morgan fingerprint density at radius 1 is 1.21 bits per heavy atom. The molecule has 1 aromatic carbocycles. The molecule has 0 bridgehead atoms. The van der Waals surface area contributed by atoms with Crippen molar-refractivity contribution in [2.45, 2.75) is 30.9 Å². The Bertz CT molecular complexity index is 424. The van der Waals surface area contributed by atoms with Crippen LogP contribution in [0.3, 0.4) is 0 Å². The van der Waals surface area contributed by atoms with Crippen LogP contribution < -0.4 is 4.74 Å². The maximum atomic E-state index is 8.61. The minimum absolute atomic E-state index is 0.101. The van der Waals surface area contributed by atoms with Gasteiger partial charge in [0.05, 0.1) is 6.61 Å². The van der Waals surface area contributed by atoms with E-state index in [2.05, 4.69) is 11.8 Å². The van der Waals surface area contributed by atoms with Gasteiger partial charge in [0.2, 0.25) is 0 Å². The molecule has 0 saturated heterocycles. The standard InChI is InChI=1S/C16H20O2S/c17-11-3-4-14-7-9-15(10-8-14)18-12-13-19-16-5-1-2-6-16/h7-10,16-17H,1-2,5-6,11-13H2. The number of hydrogen-bond acceptors (Lipinski definition) is 3. The second kappa shape index (κ2) is 8.14. The highest BCUT2D eigenvalue weighted by Gasteiger charge is 2.14. The minimum Gasteiger partial charge on any atom is -0.493 e. The van der Waals surface area contributed by atoms with Gasteiger partial charge in [-0.15, -0.1) is 0 Å². The molecule has 0 heterocycles. The molecule has 0 amide bonds. The molecule has 0 spiro atoms. The summed E-state index contributed by atoms with van der Waals surface area (Å²) in [4.78, 5) is 0. The van der Waals surface area contributed by atoms with Crippen LogP contribution in [0, 0.1) is 11.8 Å². The molecule has 2 rings (SSSR count). The summed E-state index contributed by atoms with van der Waals surface area (Å²) >= 11 is 2.04. The smallest absolute Gasteiger partial charge is 0.119 e. The first-order chi connectivity index (χ1) is 9.38. The average molecular weight is 276 g/mol. The second-order valence-corrected chi connectivity index (χ2v) is 6.02. The normalized spacial score (nSPS) is 15.0. The Labute approximate surface area is 119 Å². The van der Waals surface area contributed by atoms with Crippen LogP contribution in [0.4, 0.5) is 0 Å². The van der Waals surface area contributed by atoms with Gasteiger partial charge in [-0.3, -0.25) is 0 Å². The van der Waals surface area contributed by atoms with E-state index in [1.165, 1.54) is 25.7 Å². The molecule has 102 valence electrons.